The number of hydrogen-bond donors (Lipinski definition) is 2. The predicted molar refractivity (Wildman–Crippen MR) is 109 cm³/mol. The topological polar surface area (TPSA) is 76.7 Å². The van der Waals surface area contributed by atoms with Crippen molar-refractivity contribution in [2.75, 3.05) is 6.61 Å². The van der Waals surface area contributed by atoms with Gasteiger partial charge in [-0.15, -0.1) is 0 Å². The fourth-order valence-corrected chi connectivity index (χ4v) is 3.82. The van der Waals surface area contributed by atoms with Gasteiger partial charge in [-0.05, 0) is 32.3 Å². The Morgan fingerprint density at radius 1 is 1.25 bits per heavy atom. The molecule has 6 atom stereocenters. The zero-order chi connectivity index (χ0) is 20.7. The minimum Gasteiger partial charge on any atom is -0.376 e. The maximum atomic E-state index is 12.6. The van der Waals surface area contributed by atoms with Crippen LogP contribution in [0.3, 0.4) is 0 Å². The number of amides is 2. The van der Waals surface area contributed by atoms with Crippen molar-refractivity contribution in [1.82, 2.24) is 10.6 Å². The highest BCUT2D eigenvalue weighted by Crippen LogP contribution is 2.27. The van der Waals surface area contributed by atoms with Crippen LogP contribution < -0.4 is 10.6 Å². The third-order valence-electron chi connectivity index (χ3n) is 5.29. The van der Waals surface area contributed by atoms with E-state index in [9.17, 15) is 9.59 Å². The Bertz CT molecular complexity index is 637. The quantitative estimate of drug-likeness (QED) is 0.715. The molecule has 2 rings (SSSR count). The fourth-order valence-electron chi connectivity index (χ4n) is 3.82. The monoisotopic (exact) mass is 390 g/mol. The Balaban J connectivity index is 1.95. The maximum Gasteiger partial charge on any atom is 0.249 e. The van der Waals surface area contributed by atoms with Crippen LogP contribution in [0.25, 0.3) is 0 Å². The molecule has 1 fully saturated rings. The Labute approximate surface area is 168 Å². The Morgan fingerprint density at radius 2 is 1.93 bits per heavy atom. The van der Waals surface area contributed by atoms with Crippen molar-refractivity contribution in [2.24, 2.45) is 5.92 Å². The molecule has 2 amide bonds. The first-order valence-corrected chi connectivity index (χ1v) is 10.2. The van der Waals surface area contributed by atoms with Crippen molar-refractivity contribution in [3.05, 3.63) is 35.9 Å². The summed E-state index contributed by atoms with van der Waals surface area (Å²) in [5.41, 5.74) is 1.18. The van der Waals surface area contributed by atoms with E-state index in [1.807, 2.05) is 25.1 Å². The number of rotatable bonds is 8. The van der Waals surface area contributed by atoms with E-state index in [1.165, 1.54) is 12.5 Å². The number of nitrogens with one attached hydrogen (secondary N) is 2. The first-order chi connectivity index (χ1) is 13.3. The second kappa shape index (κ2) is 10.6. The van der Waals surface area contributed by atoms with E-state index in [1.54, 1.807) is 6.92 Å². The SMILES string of the molecule is CCC1OC[C@H](NC(C)=O)C(O[C@H](C)C(=O)N[C@@H](C)Cc2ccccc2)[C@@H]1C. The van der Waals surface area contributed by atoms with Crippen LogP contribution in [-0.4, -0.2) is 48.8 Å². The van der Waals surface area contributed by atoms with Gasteiger partial charge in [-0.25, -0.2) is 0 Å². The second-order valence-electron chi connectivity index (χ2n) is 7.79. The van der Waals surface area contributed by atoms with Crippen LogP contribution in [0, 0.1) is 5.92 Å². The van der Waals surface area contributed by atoms with Gasteiger partial charge in [-0.1, -0.05) is 44.2 Å². The average molecular weight is 391 g/mol. The summed E-state index contributed by atoms with van der Waals surface area (Å²) < 4.78 is 12.0. The van der Waals surface area contributed by atoms with E-state index in [-0.39, 0.29) is 42.0 Å². The van der Waals surface area contributed by atoms with Crippen LogP contribution in [0.1, 0.15) is 46.6 Å². The molecule has 1 aromatic carbocycles. The molecule has 1 saturated heterocycles. The average Bonchev–Trinajstić information content (AvgIpc) is 2.65. The molecule has 28 heavy (non-hydrogen) atoms. The van der Waals surface area contributed by atoms with Gasteiger partial charge in [0.1, 0.15) is 6.10 Å². The highest BCUT2D eigenvalue weighted by atomic mass is 16.5. The van der Waals surface area contributed by atoms with Crippen LogP contribution in [0.5, 0.6) is 0 Å². The molecule has 0 aromatic heterocycles. The van der Waals surface area contributed by atoms with Gasteiger partial charge in [0.25, 0.3) is 0 Å². The van der Waals surface area contributed by atoms with Crippen molar-refractivity contribution in [1.29, 1.82) is 0 Å². The summed E-state index contributed by atoms with van der Waals surface area (Å²) in [5, 5.41) is 5.93. The smallest absolute Gasteiger partial charge is 0.249 e. The van der Waals surface area contributed by atoms with Gasteiger partial charge in [0, 0.05) is 18.9 Å². The van der Waals surface area contributed by atoms with Gasteiger partial charge in [-0.3, -0.25) is 9.59 Å². The number of carbonyl (C=O) groups is 2. The van der Waals surface area contributed by atoms with Crippen LogP contribution >= 0.6 is 0 Å². The van der Waals surface area contributed by atoms with Gasteiger partial charge in [0.2, 0.25) is 11.8 Å². The van der Waals surface area contributed by atoms with Crippen molar-refractivity contribution in [2.45, 2.75) is 77.9 Å². The molecule has 0 saturated carbocycles. The zero-order valence-electron chi connectivity index (χ0n) is 17.6. The molecule has 0 radical (unpaired) electrons. The minimum atomic E-state index is -0.613. The van der Waals surface area contributed by atoms with Crippen molar-refractivity contribution < 1.29 is 19.1 Å². The van der Waals surface area contributed by atoms with Crippen molar-refractivity contribution >= 4 is 11.8 Å². The van der Waals surface area contributed by atoms with Crippen molar-refractivity contribution in [3.8, 4) is 0 Å². The van der Waals surface area contributed by atoms with Crippen LogP contribution in [-0.2, 0) is 25.5 Å². The lowest BCUT2D eigenvalue weighted by Crippen LogP contribution is -2.58. The molecule has 0 aliphatic carbocycles. The summed E-state index contributed by atoms with van der Waals surface area (Å²) in [6, 6.07) is 9.81. The van der Waals surface area contributed by atoms with Gasteiger partial charge in [0.15, 0.2) is 0 Å². The molecule has 2 N–H and O–H groups in total. The van der Waals surface area contributed by atoms with E-state index in [0.717, 1.165) is 12.8 Å². The molecule has 1 heterocycles. The first kappa shape index (κ1) is 22.4. The number of carbonyl (C=O) groups excluding carboxylic acids is 2. The third-order valence-corrected chi connectivity index (χ3v) is 5.29. The molecule has 2 unspecified atom stereocenters. The second-order valence-corrected chi connectivity index (χ2v) is 7.79. The summed E-state index contributed by atoms with van der Waals surface area (Å²) in [6.45, 7) is 9.75. The van der Waals surface area contributed by atoms with Crippen LogP contribution in [0.4, 0.5) is 0 Å². The number of benzene rings is 1. The molecular formula is C22H34N2O4. The largest absolute Gasteiger partial charge is 0.376 e. The van der Waals surface area contributed by atoms with E-state index < -0.39 is 6.10 Å². The Morgan fingerprint density at radius 3 is 2.54 bits per heavy atom. The lowest BCUT2D eigenvalue weighted by Gasteiger charge is -2.42. The molecule has 156 valence electrons. The summed E-state index contributed by atoms with van der Waals surface area (Å²) in [6.07, 6.45) is 0.801. The van der Waals surface area contributed by atoms with Crippen molar-refractivity contribution in [3.63, 3.8) is 0 Å². The molecule has 1 aliphatic heterocycles. The van der Waals surface area contributed by atoms with E-state index in [0.29, 0.717) is 6.61 Å². The number of hydrogen-bond acceptors (Lipinski definition) is 4. The maximum absolute atomic E-state index is 12.6. The molecule has 6 nitrogen and oxygen atoms in total. The summed E-state index contributed by atoms with van der Waals surface area (Å²) in [4.78, 5) is 24.2. The predicted octanol–water partition coefficient (Wildman–Crippen LogP) is 2.46. The molecular weight excluding hydrogens is 356 g/mol. The first-order valence-electron chi connectivity index (χ1n) is 10.2. The summed E-state index contributed by atoms with van der Waals surface area (Å²) >= 11 is 0. The number of ether oxygens (including phenoxy) is 2. The van der Waals surface area contributed by atoms with E-state index in [2.05, 4.69) is 36.6 Å². The summed E-state index contributed by atoms with van der Waals surface area (Å²) in [5.74, 6) is -0.192. The van der Waals surface area contributed by atoms with Gasteiger partial charge in [-0.2, -0.15) is 0 Å². The standard InChI is InChI=1S/C22H34N2O4/c1-6-20-15(3)21(19(13-27-20)24-17(5)25)28-16(4)22(26)23-14(2)12-18-10-8-7-9-11-18/h7-11,14-16,19-21H,6,12-13H2,1-5H3,(H,23,26)(H,24,25)/t14-,15+,16+,19-,20?,21?/m0/s1. The Hall–Kier alpha value is -1.92. The molecule has 6 heteroatoms. The molecule has 1 aromatic rings. The summed E-state index contributed by atoms with van der Waals surface area (Å²) in [7, 11) is 0. The van der Waals surface area contributed by atoms with E-state index >= 15 is 0 Å². The van der Waals surface area contributed by atoms with E-state index in [4.69, 9.17) is 9.47 Å². The highest BCUT2D eigenvalue weighted by molar-refractivity contribution is 5.80. The lowest BCUT2D eigenvalue weighted by atomic mass is 9.88. The highest BCUT2D eigenvalue weighted by Gasteiger charge is 2.39. The van der Waals surface area contributed by atoms with Gasteiger partial charge < -0.3 is 20.1 Å². The fraction of sp³-hybridized carbons (Fsp3) is 0.636. The minimum absolute atomic E-state index is 0.00240. The molecule has 0 spiro atoms. The Kier molecular flexibility index (Phi) is 8.45. The van der Waals surface area contributed by atoms with Crippen LogP contribution in [0.2, 0.25) is 0 Å². The third kappa shape index (κ3) is 6.31. The van der Waals surface area contributed by atoms with Crippen LogP contribution in [0.15, 0.2) is 30.3 Å². The van der Waals surface area contributed by atoms with Gasteiger partial charge in [0.05, 0.1) is 24.9 Å². The normalized spacial score (nSPS) is 26.9. The van der Waals surface area contributed by atoms with Gasteiger partial charge >= 0.3 is 0 Å². The molecule has 0 bridgehead atoms. The molecule has 1 aliphatic rings. The zero-order valence-corrected chi connectivity index (χ0v) is 17.6. The lowest BCUT2D eigenvalue weighted by molar-refractivity contribution is -0.163.